The van der Waals surface area contributed by atoms with Crippen molar-refractivity contribution >= 4 is 21.9 Å². The van der Waals surface area contributed by atoms with Gasteiger partial charge in [-0.1, -0.05) is 0 Å². The number of esters is 1. The van der Waals surface area contributed by atoms with Gasteiger partial charge >= 0.3 is 5.97 Å². The fraction of sp³-hybridized carbons (Fsp3) is 0.333. The molecule has 0 aromatic carbocycles. The van der Waals surface area contributed by atoms with E-state index in [1.807, 2.05) is 0 Å². The smallest absolute Gasteiger partial charge is 0.342 e. The van der Waals surface area contributed by atoms with Crippen LogP contribution in [0.3, 0.4) is 0 Å². The lowest BCUT2D eigenvalue weighted by molar-refractivity contribution is 0.0584. The molecule has 0 atom stereocenters. The highest BCUT2D eigenvalue weighted by Gasteiger charge is 2.27. The molecule has 1 aromatic heterocycles. The van der Waals surface area contributed by atoms with Gasteiger partial charge in [0.1, 0.15) is 10.2 Å². The quantitative estimate of drug-likeness (QED) is 0.635. The molecule has 0 N–H and O–H groups in total. The Balaban J connectivity index is 3.48. The van der Waals surface area contributed by atoms with Crippen molar-refractivity contribution < 1.29 is 23.0 Å². The molecule has 0 saturated carbocycles. The highest BCUT2D eigenvalue weighted by Crippen LogP contribution is 2.34. The van der Waals surface area contributed by atoms with E-state index in [2.05, 4.69) is 25.7 Å². The molecule has 7 heteroatoms. The van der Waals surface area contributed by atoms with Crippen molar-refractivity contribution in [1.29, 1.82) is 0 Å². The minimum atomic E-state index is -2.86. The van der Waals surface area contributed by atoms with Crippen LogP contribution in [-0.2, 0) is 4.74 Å². The van der Waals surface area contributed by atoms with E-state index in [0.717, 1.165) is 7.11 Å². The Morgan fingerprint density at radius 1 is 1.50 bits per heavy atom. The summed E-state index contributed by atoms with van der Waals surface area (Å²) in [5, 5.41) is 0. The number of halogens is 3. The summed E-state index contributed by atoms with van der Waals surface area (Å²) in [6, 6.07) is 0. The van der Waals surface area contributed by atoms with Crippen LogP contribution >= 0.6 is 15.9 Å². The Labute approximate surface area is 98.7 Å². The van der Waals surface area contributed by atoms with Crippen molar-refractivity contribution in [2.45, 2.75) is 6.43 Å². The van der Waals surface area contributed by atoms with Gasteiger partial charge in [-0.05, 0) is 15.9 Å². The molecular weight excluding hydrogens is 288 g/mol. The van der Waals surface area contributed by atoms with Crippen molar-refractivity contribution in [3.8, 4) is 5.75 Å². The maximum Gasteiger partial charge on any atom is 0.342 e. The van der Waals surface area contributed by atoms with E-state index in [9.17, 15) is 13.6 Å². The van der Waals surface area contributed by atoms with Gasteiger partial charge in [0.25, 0.3) is 6.43 Å². The van der Waals surface area contributed by atoms with Gasteiger partial charge in [0, 0.05) is 0 Å². The Morgan fingerprint density at radius 3 is 2.56 bits per heavy atom. The van der Waals surface area contributed by atoms with Crippen LogP contribution < -0.4 is 4.74 Å². The number of hydrogen-bond donors (Lipinski definition) is 0. The van der Waals surface area contributed by atoms with E-state index >= 15 is 0 Å². The van der Waals surface area contributed by atoms with E-state index < -0.39 is 18.0 Å². The third kappa shape index (κ3) is 2.29. The monoisotopic (exact) mass is 295 g/mol. The van der Waals surface area contributed by atoms with Crippen LogP contribution in [0.4, 0.5) is 8.78 Å². The number of ether oxygens (including phenoxy) is 2. The third-order valence-corrected chi connectivity index (χ3v) is 2.49. The Bertz CT molecular complexity index is 412. The van der Waals surface area contributed by atoms with Crippen LogP contribution in [-0.4, -0.2) is 25.2 Å². The molecule has 0 saturated heterocycles. The minimum Gasteiger partial charge on any atom is -0.494 e. The normalized spacial score (nSPS) is 10.4. The molecule has 1 aromatic rings. The summed E-state index contributed by atoms with van der Waals surface area (Å²) in [6.45, 7) is 0. The third-order valence-electron chi connectivity index (χ3n) is 1.86. The van der Waals surface area contributed by atoms with Gasteiger partial charge in [-0.2, -0.15) is 0 Å². The minimum absolute atomic E-state index is 0.0506. The first kappa shape index (κ1) is 12.8. The summed E-state index contributed by atoms with van der Waals surface area (Å²) < 4.78 is 34.6. The van der Waals surface area contributed by atoms with Gasteiger partial charge in [0.15, 0.2) is 5.75 Å². The lowest BCUT2D eigenvalue weighted by atomic mass is 10.1. The van der Waals surface area contributed by atoms with Crippen LogP contribution in [0.1, 0.15) is 22.3 Å². The SMILES string of the molecule is COC(=O)c1c(OC)cnc(Br)c1C(F)F. The molecule has 0 aliphatic rings. The average Bonchev–Trinajstić information content (AvgIpc) is 2.27. The summed E-state index contributed by atoms with van der Waals surface area (Å²) in [6.07, 6.45) is -1.69. The summed E-state index contributed by atoms with van der Waals surface area (Å²) in [5.41, 5.74) is -0.854. The molecule has 0 radical (unpaired) electrons. The number of methoxy groups -OCH3 is 2. The standard InChI is InChI=1S/C9H8BrF2NO3/c1-15-4-3-13-7(10)6(8(11)12)5(4)9(14)16-2/h3,8H,1-2H3. The van der Waals surface area contributed by atoms with E-state index in [1.54, 1.807) is 0 Å². The lowest BCUT2D eigenvalue weighted by Crippen LogP contribution is -2.10. The molecule has 0 fully saturated rings. The maximum absolute atomic E-state index is 12.8. The highest BCUT2D eigenvalue weighted by molar-refractivity contribution is 9.10. The zero-order chi connectivity index (χ0) is 12.3. The predicted octanol–water partition coefficient (Wildman–Crippen LogP) is 2.58. The second kappa shape index (κ2) is 5.20. The van der Waals surface area contributed by atoms with Gasteiger partial charge < -0.3 is 9.47 Å². The van der Waals surface area contributed by atoms with Crippen molar-refractivity contribution in [2.24, 2.45) is 0 Å². The number of alkyl halides is 2. The Morgan fingerprint density at radius 2 is 2.12 bits per heavy atom. The number of aromatic nitrogens is 1. The topological polar surface area (TPSA) is 48.4 Å². The number of pyridine rings is 1. The molecule has 88 valence electrons. The summed E-state index contributed by atoms with van der Waals surface area (Å²) in [5.74, 6) is -0.944. The average molecular weight is 296 g/mol. The van der Waals surface area contributed by atoms with Gasteiger partial charge in [-0.3, -0.25) is 0 Å². The molecule has 0 aliphatic heterocycles. The molecule has 0 aliphatic carbocycles. The van der Waals surface area contributed by atoms with Crippen LogP contribution in [0.25, 0.3) is 0 Å². The van der Waals surface area contributed by atoms with Crippen LogP contribution in [0.2, 0.25) is 0 Å². The van der Waals surface area contributed by atoms with Gasteiger partial charge in [-0.25, -0.2) is 18.6 Å². The molecule has 16 heavy (non-hydrogen) atoms. The maximum atomic E-state index is 12.8. The number of hydrogen-bond acceptors (Lipinski definition) is 4. The van der Waals surface area contributed by atoms with Crippen molar-refractivity contribution in [3.05, 3.63) is 21.9 Å². The van der Waals surface area contributed by atoms with Gasteiger partial charge in [0.2, 0.25) is 0 Å². The second-order valence-electron chi connectivity index (χ2n) is 2.70. The summed E-state index contributed by atoms with van der Waals surface area (Å²) in [4.78, 5) is 15.0. The van der Waals surface area contributed by atoms with Crippen molar-refractivity contribution in [3.63, 3.8) is 0 Å². The van der Waals surface area contributed by atoms with Crippen LogP contribution in [0.15, 0.2) is 10.8 Å². The Hall–Kier alpha value is -1.24. The highest BCUT2D eigenvalue weighted by atomic mass is 79.9. The van der Waals surface area contributed by atoms with Gasteiger partial charge in [-0.15, -0.1) is 0 Å². The number of nitrogens with zero attached hydrogens (tertiary/aromatic N) is 1. The molecule has 0 unspecified atom stereocenters. The first-order valence-electron chi connectivity index (χ1n) is 4.11. The zero-order valence-corrected chi connectivity index (χ0v) is 10.0. The fourth-order valence-electron chi connectivity index (χ4n) is 1.15. The number of rotatable bonds is 3. The molecule has 0 bridgehead atoms. The molecule has 1 heterocycles. The van der Waals surface area contributed by atoms with Crippen molar-refractivity contribution in [2.75, 3.05) is 14.2 Å². The van der Waals surface area contributed by atoms with Crippen LogP contribution in [0, 0.1) is 0 Å². The van der Waals surface area contributed by atoms with Crippen LogP contribution in [0.5, 0.6) is 5.75 Å². The van der Waals surface area contributed by atoms with Gasteiger partial charge in [0.05, 0.1) is 26.0 Å². The second-order valence-corrected chi connectivity index (χ2v) is 3.45. The first-order valence-corrected chi connectivity index (χ1v) is 4.91. The summed E-state index contributed by atoms with van der Waals surface area (Å²) in [7, 11) is 2.36. The lowest BCUT2D eigenvalue weighted by Gasteiger charge is -2.12. The summed E-state index contributed by atoms with van der Waals surface area (Å²) >= 11 is 2.85. The zero-order valence-electron chi connectivity index (χ0n) is 8.46. The van der Waals surface area contributed by atoms with E-state index in [-0.39, 0.29) is 15.9 Å². The Kier molecular flexibility index (Phi) is 4.17. The molecule has 4 nitrogen and oxygen atoms in total. The van der Waals surface area contributed by atoms with Crippen molar-refractivity contribution in [1.82, 2.24) is 4.98 Å². The number of carbonyl (C=O) groups is 1. The largest absolute Gasteiger partial charge is 0.494 e. The molecule has 0 amide bonds. The predicted molar refractivity (Wildman–Crippen MR) is 54.8 cm³/mol. The van der Waals surface area contributed by atoms with E-state index in [4.69, 9.17) is 4.74 Å². The molecular formula is C9H8BrF2NO3. The number of carbonyl (C=O) groups excluding carboxylic acids is 1. The molecule has 0 spiro atoms. The fourth-order valence-corrected chi connectivity index (χ4v) is 1.63. The van der Waals surface area contributed by atoms with E-state index in [0.29, 0.717) is 0 Å². The van der Waals surface area contributed by atoms with E-state index in [1.165, 1.54) is 13.3 Å². The molecule has 1 rings (SSSR count). The first-order chi connectivity index (χ1) is 7.52.